The Kier molecular flexibility index (Phi) is 4.69. The third kappa shape index (κ3) is 3.71. The van der Waals surface area contributed by atoms with Gasteiger partial charge in [0.2, 0.25) is 5.88 Å². The standard InChI is InChI=1S/C15H13F3N6O2/c1-24-13-12(22-23-24)9(5-6-19-13)14(25)20-7-8-26-11-4-2-3-10(21-11)15(16,17)18/h2-6H,7-8H2,1H3,(H,20,25). The summed E-state index contributed by atoms with van der Waals surface area (Å²) in [7, 11) is 1.65. The molecule has 8 nitrogen and oxygen atoms in total. The lowest BCUT2D eigenvalue weighted by Crippen LogP contribution is -2.28. The summed E-state index contributed by atoms with van der Waals surface area (Å²) in [6, 6.07) is 4.86. The van der Waals surface area contributed by atoms with Crippen molar-refractivity contribution in [1.29, 1.82) is 0 Å². The molecule has 0 aromatic carbocycles. The third-order valence-corrected chi connectivity index (χ3v) is 3.39. The van der Waals surface area contributed by atoms with Gasteiger partial charge >= 0.3 is 6.18 Å². The average molecular weight is 366 g/mol. The van der Waals surface area contributed by atoms with Crippen LogP contribution in [0.4, 0.5) is 13.2 Å². The SMILES string of the molecule is Cn1nnc2c(C(=O)NCCOc3cccc(C(F)(F)F)n3)ccnc21. The van der Waals surface area contributed by atoms with Gasteiger partial charge in [-0.2, -0.15) is 13.2 Å². The van der Waals surface area contributed by atoms with Gasteiger partial charge in [0, 0.05) is 19.3 Å². The van der Waals surface area contributed by atoms with Crippen LogP contribution >= 0.6 is 0 Å². The van der Waals surface area contributed by atoms with E-state index < -0.39 is 17.8 Å². The highest BCUT2D eigenvalue weighted by Crippen LogP contribution is 2.28. The summed E-state index contributed by atoms with van der Waals surface area (Å²) in [5, 5.41) is 10.3. The van der Waals surface area contributed by atoms with Gasteiger partial charge in [0.25, 0.3) is 5.91 Å². The predicted octanol–water partition coefficient (Wildman–Crippen LogP) is 1.59. The van der Waals surface area contributed by atoms with Crippen LogP contribution in [0.1, 0.15) is 16.1 Å². The Hall–Kier alpha value is -3.24. The quantitative estimate of drug-likeness (QED) is 0.689. The Morgan fingerprint density at radius 2 is 2.12 bits per heavy atom. The maximum atomic E-state index is 12.6. The number of fused-ring (bicyclic) bond motifs is 1. The van der Waals surface area contributed by atoms with E-state index in [0.717, 1.165) is 6.07 Å². The van der Waals surface area contributed by atoms with Gasteiger partial charge in [0.15, 0.2) is 5.65 Å². The highest BCUT2D eigenvalue weighted by atomic mass is 19.4. The number of rotatable bonds is 5. The number of hydrogen-bond donors (Lipinski definition) is 1. The predicted molar refractivity (Wildman–Crippen MR) is 83.4 cm³/mol. The summed E-state index contributed by atoms with van der Waals surface area (Å²) in [4.78, 5) is 19.7. The van der Waals surface area contributed by atoms with E-state index in [2.05, 4.69) is 25.6 Å². The number of nitrogens with one attached hydrogen (secondary N) is 1. The largest absolute Gasteiger partial charge is 0.476 e. The molecule has 0 bridgehead atoms. The second-order valence-electron chi connectivity index (χ2n) is 5.21. The van der Waals surface area contributed by atoms with Crippen LogP contribution in [0.2, 0.25) is 0 Å². The molecule has 0 aliphatic rings. The molecule has 0 atom stereocenters. The molecule has 0 radical (unpaired) electrons. The number of aryl methyl sites for hydroxylation is 1. The first kappa shape index (κ1) is 17.6. The number of hydrogen-bond acceptors (Lipinski definition) is 6. The lowest BCUT2D eigenvalue weighted by molar-refractivity contribution is -0.141. The van der Waals surface area contributed by atoms with Gasteiger partial charge < -0.3 is 10.1 Å². The molecule has 0 aliphatic heterocycles. The lowest BCUT2D eigenvalue weighted by atomic mass is 10.2. The Labute approximate surface area is 145 Å². The molecule has 0 fully saturated rings. The van der Waals surface area contributed by atoms with Crippen LogP contribution in [-0.4, -0.2) is 44.0 Å². The number of pyridine rings is 2. The molecule has 0 saturated heterocycles. The van der Waals surface area contributed by atoms with Crippen molar-refractivity contribution < 1.29 is 22.7 Å². The van der Waals surface area contributed by atoms with Crippen LogP contribution in [0.5, 0.6) is 5.88 Å². The summed E-state index contributed by atoms with van der Waals surface area (Å²) >= 11 is 0. The number of carbonyl (C=O) groups is 1. The summed E-state index contributed by atoms with van der Waals surface area (Å²) in [6.45, 7) is 0.0234. The first-order valence-electron chi connectivity index (χ1n) is 7.46. The Balaban J connectivity index is 1.57. The first-order valence-corrected chi connectivity index (χ1v) is 7.46. The van der Waals surface area contributed by atoms with E-state index in [-0.39, 0.29) is 19.0 Å². The maximum absolute atomic E-state index is 12.6. The van der Waals surface area contributed by atoms with E-state index in [0.29, 0.717) is 16.7 Å². The fourth-order valence-corrected chi connectivity index (χ4v) is 2.18. The van der Waals surface area contributed by atoms with Gasteiger partial charge in [-0.05, 0) is 12.1 Å². The summed E-state index contributed by atoms with van der Waals surface area (Å²) < 4.78 is 44.3. The van der Waals surface area contributed by atoms with Gasteiger partial charge in [-0.25, -0.2) is 14.6 Å². The number of alkyl halides is 3. The Morgan fingerprint density at radius 1 is 1.31 bits per heavy atom. The molecule has 136 valence electrons. The molecule has 0 unspecified atom stereocenters. The second-order valence-corrected chi connectivity index (χ2v) is 5.21. The molecular weight excluding hydrogens is 353 g/mol. The molecule has 3 heterocycles. The van der Waals surface area contributed by atoms with Crippen molar-refractivity contribution >= 4 is 17.1 Å². The van der Waals surface area contributed by atoms with E-state index in [1.165, 1.54) is 29.1 Å². The number of carbonyl (C=O) groups excluding carboxylic acids is 1. The van der Waals surface area contributed by atoms with Crippen molar-refractivity contribution in [3.63, 3.8) is 0 Å². The zero-order chi connectivity index (χ0) is 18.7. The molecule has 3 aromatic heterocycles. The van der Waals surface area contributed by atoms with E-state index in [9.17, 15) is 18.0 Å². The van der Waals surface area contributed by atoms with Crippen molar-refractivity contribution in [2.75, 3.05) is 13.2 Å². The minimum Gasteiger partial charge on any atom is -0.476 e. The van der Waals surface area contributed by atoms with E-state index in [4.69, 9.17) is 4.74 Å². The van der Waals surface area contributed by atoms with Crippen LogP contribution in [-0.2, 0) is 13.2 Å². The van der Waals surface area contributed by atoms with Crippen LogP contribution < -0.4 is 10.1 Å². The van der Waals surface area contributed by atoms with E-state index in [1.54, 1.807) is 7.05 Å². The molecule has 0 spiro atoms. The van der Waals surface area contributed by atoms with Gasteiger partial charge in [-0.3, -0.25) is 4.79 Å². The van der Waals surface area contributed by atoms with Crippen LogP contribution in [0.15, 0.2) is 30.5 Å². The van der Waals surface area contributed by atoms with Crippen LogP contribution in [0.3, 0.4) is 0 Å². The van der Waals surface area contributed by atoms with Crippen molar-refractivity contribution in [2.45, 2.75) is 6.18 Å². The van der Waals surface area contributed by atoms with E-state index in [1.807, 2.05) is 0 Å². The van der Waals surface area contributed by atoms with E-state index >= 15 is 0 Å². The van der Waals surface area contributed by atoms with Crippen molar-refractivity contribution in [3.8, 4) is 5.88 Å². The fraction of sp³-hybridized carbons (Fsp3) is 0.267. The van der Waals surface area contributed by atoms with Crippen molar-refractivity contribution in [2.24, 2.45) is 7.05 Å². The number of amides is 1. The monoisotopic (exact) mass is 366 g/mol. The molecule has 0 aliphatic carbocycles. The highest BCUT2D eigenvalue weighted by Gasteiger charge is 2.32. The molecule has 1 amide bonds. The lowest BCUT2D eigenvalue weighted by Gasteiger charge is -2.09. The summed E-state index contributed by atoms with van der Waals surface area (Å²) in [6.07, 6.45) is -3.08. The molecule has 0 saturated carbocycles. The Bertz CT molecular complexity index is 941. The van der Waals surface area contributed by atoms with Gasteiger partial charge in [0.05, 0.1) is 12.1 Å². The minimum atomic E-state index is -4.54. The minimum absolute atomic E-state index is 0.0469. The third-order valence-electron chi connectivity index (χ3n) is 3.39. The topological polar surface area (TPSA) is 94.8 Å². The normalized spacial score (nSPS) is 11.5. The number of ether oxygens (including phenoxy) is 1. The zero-order valence-corrected chi connectivity index (χ0v) is 13.5. The number of nitrogens with zero attached hydrogens (tertiary/aromatic N) is 5. The first-order chi connectivity index (χ1) is 12.4. The zero-order valence-electron chi connectivity index (χ0n) is 13.5. The maximum Gasteiger partial charge on any atom is 0.433 e. The number of aromatic nitrogens is 5. The van der Waals surface area contributed by atoms with Gasteiger partial charge in [-0.1, -0.05) is 11.3 Å². The van der Waals surface area contributed by atoms with Crippen LogP contribution in [0.25, 0.3) is 11.2 Å². The molecule has 3 rings (SSSR count). The fourth-order valence-electron chi connectivity index (χ4n) is 2.18. The second kappa shape index (κ2) is 6.94. The Morgan fingerprint density at radius 3 is 2.88 bits per heavy atom. The highest BCUT2D eigenvalue weighted by molar-refractivity contribution is 6.03. The molecule has 11 heteroatoms. The van der Waals surface area contributed by atoms with Crippen molar-refractivity contribution in [3.05, 3.63) is 41.7 Å². The van der Waals surface area contributed by atoms with Gasteiger partial charge in [0.1, 0.15) is 17.8 Å². The molecule has 3 aromatic rings. The molecular formula is C15H13F3N6O2. The smallest absolute Gasteiger partial charge is 0.433 e. The summed E-state index contributed by atoms with van der Waals surface area (Å²) in [5.41, 5.74) is 0.0659. The molecule has 1 N–H and O–H groups in total. The number of halogens is 3. The van der Waals surface area contributed by atoms with Crippen molar-refractivity contribution in [1.82, 2.24) is 30.3 Å². The van der Waals surface area contributed by atoms with Crippen LogP contribution in [0, 0.1) is 0 Å². The summed E-state index contributed by atoms with van der Waals surface area (Å²) in [5.74, 6) is -0.590. The van der Waals surface area contributed by atoms with Gasteiger partial charge in [-0.15, -0.1) is 5.10 Å². The average Bonchev–Trinajstić information content (AvgIpc) is 2.99. The molecule has 26 heavy (non-hydrogen) atoms.